The third kappa shape index (κ3) is 5.19. The van der Waals surface area contributed by atoms with Gasteiger partial charge in [-0.2, -0.15) is 0 Å². The summed E-state index contributed by atoms with van der Waals surface area (Å²) in [6.07, 6.45) is 12.4. The maximum atomic E-state index is 10.5. The van der Waals surface area contributed by atoms with Crippen molar-refractivity contribution < 1.29 is 10.2 Å². The number of benzene rings is 2. The SMILES string of the molecule is C/C1=C(/C)c2cc(ccc2O)CCCCCCCCCCc2ccc(O)c1c2. The first-order valence-corrected chi connectivity index (χ1v) is 10.9. The topological polar surface area (TPSA) is 40.5 Å². The summed E-state index contributed by atoms with van der Waals surface area (Å²) < 4.78 is 0. The van der Waals surface area contributed by atoms with Gasteiger partial charge < -0.3 is 10.2 Å². The summed E-state index contributed by atoms with van der Waals surface area (Å²) in [5, 5.41) is 20.9. The van der Waals surface area contributed by atoms with Gasteiger partial charge in [-0.1, -0.05) is 50.7 Å². The average molecular weight is 379 g/mol. The quantitative estimate of drug-likeness (QED) is 0.506. The number of aromatic hydroxyl groups is 2. The molecule has 0 aromatic heterocycles. The highest BCUT2D eigenvalue weighted by molar-refractivity contribution is 5.92. The smallest absolute Gasteiger partial charge is 0.123 e. The number of hydrogen-bond donors (Lipinski definition) is 2. The van der Waals surface area contributed by atoms with Crippen molar-refractivity contribution >= 4 is 11.1 Å². The second-order valence-corrected chi connectivity index (χ2v) is 8.28. The molecule has 0 saturated heterocycles. The molecule has 0 heterocycles. The number of phenolic OH excluding ortho intramolecular Hbond substituents is 2. The molecule has 2 N–H and O–H groups in total. The van der Waals surface area contributed by atoms with Crippen LogP contribution in [-0.2, 0) is 12.8 Å². The fourth-order valence-corrected chi connectivity index (χ4v) is 4.20. The Balaban J connectivity index is 1.98. The second kappa shape index (κ2) is 9.82. The van der Waals surface area contributed by atoms with Gasteiger partial charge >= 0.3 is 0 Å². The van der Waals surface area contributed by atoms with Crippen LogP contribution in [0.25, 0.3) is 11.1 Å². The number of allylic oxidation sites excluding steroid dienone is 2. The Labute approximate surface area is 169 Å². The lowest BCUT2D eigenvalue weighted by Crippen LogP contribution is -1.94. The second-order valence-electron chi connectivity index (χ2n) is 8.28. The Kier molecular flexibility index (Phi) is 7.19. The van der Waals surface area contributed by atoms with Gasteiger partial charge in [-0.15, -0.1) is 0 Å². The fourth-order valence-electron chi connectivity index (χ4n) is 4.20. The third-order valence-electron chi connectivity index (χ3n) is 6.17. The molecule has 0 unspecified atom stereocenters. The monoisotopic (exact) mass is 378 g/mol. The molecule has 28 heavy (non-hydrogen) atoms. The molecule has 0 saturated carbocycles. The van der Waals surface area contributed by atoms with Gasteiger partial charge in [0.05, 0.1) is 0 Å². The lowest BCUT2D eigenvalue weighted by molar-refractivity contribution is 0.472. The van der Waals surface area contributed by atoms with Crippen molar-refractivity contribution in [3.63, 3.8) is 0 Å². The first-order valence-electron chi connectivity index (χ1n) is 10.9. The number of aryl methyl sites for hydroxylation is 2. The van der Waals surface area contributed by atoms with Gasteiger partial charge in [0.25, 0.3) is 0 Å². The van der Waals surface area contributed by atoms with Crippen LogP contribution in [0.15, 0.2) is 36.4 Å². The molecule has 2 nitrogen and oxygen atoms in total. The number of fused-ring (bicyclic) bond motifs is 4. The molecule has 2 aromatic carbocycles. The Morgan fingerprint density at radius 1 is 0.536 bits per heavy atom. The van der Waals surface area contributed by atoms with Crippen molar-refractivity contribution in [3.8, 4) is 11.5 Å². The van der Waals surface area contributed by atoms with Crippen LogP contribution in [0, 0.1) is 0 Å². The molecule has 3 rings (SSSR count). The van der Waals surface area contributed by atoms with E-state index in [1.165, 1.54) is 62.5 Å². The van der Waals surface area contributed by atoms with Crippen LogP contribution in [0.1, 0.15) is 87.5 Å². The van der Waals surface area contributed by atoms with Gasteiger partial charge in [0, 0.05) is 11.1 Å². The van der Waals surface area contributed by atoms with Gasteiger partial charge in [0.2, 0.25) is 0 Å². The molecule has 0 aliphatic heterocycles. The van der Waals surface area contributed by atoms with E-state index in [0.29, 0.717) is 11.5 Å². The van der Waals surface area contributed by atoms with Gasteiger partial charge in [-0.3, -0.25) is 0 Å². The highest BCUT2D eigenvalue weighted by Gasteiger charge is 2.12. The highest BCUT2D eigenvalue weighted by Crippen LogP contribution is 2.36. The van der Waals surface area contributed by atoms with Crippen molar-refractivity contribution in [2.75, 3.05) is 0 Å². The Hall–Kier alpha value is -2.22. The number of phenols is 2. The molecule has 1 aliphatic rings. The van der Waals surface area contributed by atoms with Crippen LogP contribution in [0.3, 0.4) is 0 Å². The zero-order valence-corrected chi connectivity index (χ0v) is 17.4. The molecule has 0 spiro atoms. The molecule has 0 fully saturated rings. The van der Waals surface area contributed by atoms with Gasteiger partial charge in [-0.25, -0.2) is 0 Å². The minimum Gasteiger partial charge on any atom is -0.507 e. The highest BCUT2D eigenvalue weighted by atomic mass is 16.3. The van der Waals surface area contributed by atoms with E-state index in [9.17, 15) is 10.2 Å². The van der Waals surface area contributed by atoms with Gasteiger partial charge in [0.1, 0.15) is 11.5 Å². The zero-order chi connectivity index (χ0) is 19.9. The van der Waals surface area contributed by atoms with Crippen LogP contribution >= 0.6 is 0 Å². The molecule has 4 bridgehead atoms. The van der Waals surface area contributed by atoms with Crippen molar-refractivity contribution in [1.82, 2.24) is 0 Å². The first-order chi connectivity index (χ1) is 13.6. The van der Waals surface area contributed by atoms with Crippen LogP contribution in [0.4, 0.5) is 0 Å². The molecule has 0 amide bonds. The van der Waals surface area contributed by atoms with Crippen LogP contribution in [0.5, 0.6) is 11.5 Å². The Bertz CT molecular complexity index is 763. The van der Waals surface area contributed by atoms with Gasteiger partial charge in [-0.05, 0) is 86.1 Å². The standard InChI is InChI=1S/C26H34O2/c1-19-20(2)24-18-22(14-16-26(24)28)12-10-8-6-4-3-5-7-9-11-21-13-15-25(27)23(19)17-21/h13-18,27-28H,3-12H2,1-2H3/b20-19+. The summed E-state index contributed by atoms with van der Waals surface area (Å²) in [5.74, 6) is 0.622. The summed E-state index contributed by atoms with van der Waals surface area (Å²) in [7, 11) is 0. The normalized spacial score (nSPS) is 19.6. The first kappa shape index (κ1) is 20.5. The Morgan fingerprint density at radius 3 is 1.29 bits per heavy atom. The molecule has 150 valence electrons. The van der Waals surface area contributed by atoms with Crippen LogP contribution < -0.4 is 0 Å². The summed E-state index contributed by atoms with van der Waals surface area (Å²) in [6.45, 7) is 4.08. The van der Waals surface area contributed by atoms with E-state index in [4.69, 9.17) is 0 Å². The summed E-state index contributed by atoms with van der Waals surface area (Å²) in [5.41, 5.74) is 6.35. The Morgan fingerprint density at radius 2 is 0.893 bits per heavy atom. The molecular formula is C26H34O2. The maximum Gasteiger partial charge on any atom is 0.123 e. The van der Waals surface area contributed by atoms with E-state index in [1.54, 1.807) is 0 Å². The van der Waals surface area contributed by atoms with Crippen molar-refractivity contribution in [3.05, 3.63) is 58.7 Å². The van der Waals surface area contributed by atoms with E-state index in [0.717, 1.165) is 35.1 Å². The zero-order valence-electron chi connectivity index (χ0n) is 17.4. The fraction of sp³-hybridized carbons (Fsp3) is 0.462. The van der Waals surface area contributed by atoms with E-state index >= 15 is 0 Å². The third-order valence-corrected chi connectivity index (χ3v) is 6.17. The lowest BCUT2D eigenvalue weighted by Gasteiger charge is -2.15. The molecular weight excluding hydrogens is 344 g/mol. The van der Waals surface area contributed by atoms with E-state index in [2.05, 4.69) is 12.1 Å². The van der Waals surface area contributed by atoms with E-state index in [1.807, 2.05) is 38.1 Å². The van der Waals surface area contributed by atoms with E-state index < -0.39 is 0 Å². The minimum atomic E-state index is 0.311. The average Bonchev–Trinajstić information content (AvgIpc) is 2.70. The molecule has 0 radical (unpaired) electrons. The van der Waals surface area contributed by atoms with E-state index in [-0.39, 0.29) is 0 Å². The lowest BCUT2D eigenvalue weighted by atomic mass is 9.92. The van der Waals surface area contributed by atoms with Crippen molar-refractivity contribution in [2.24, 2.45) is 0 Å². The molecule has 2 heteroatoms. The largest absolute Gasteiger partial charge is 0.507 e. The minimum absolute atomic E-state index is 0.311. The maximum absolute atomic E-state index is 10.5. The summed E-state index contributed by atoms with van der Waals surface area (Å²) >= 11 is 0. The van der Waals surface area contributed by atoms with Crippen LogP contribution in [-0.4, -0.2) is 10.2 Å². The number of hydrogen-bond acceptors (Lipinski definition) is 2. The molecule has 0 atom stereocenters. The van der Waals surface area contributed by atoms with Crippen molar-refractivity contribution in [1.29, 1.82) is 0 Å². The predicted molar refractivity (Wildman–Crippen MR) is 119 cm³/mol. The van der Waals surface area contributed by atoms with Crippen LogP contribution in [0.2, 0.25) is 0 Å². The summed E-state index contributed by atoms with van der Waals surface area (Å²) in [4.78, 5) is 0. The van der Waals surface area contributed by atoms with Crippen molar-refractivity contribution in [2.45, 2.75) is 78.1 Å². The molecule has 2 aromatic rings. The number of rotatable bonds is 0. The summed E-state index contributed by atoms with van der Waals surface area (Å²) in [6, 6.07) is 12.0. The predicted octanol–water partition coefficient (Wildman–Crippen LogP) is 7.27. The van der Waals surface area contributed by atoms with Gasteiger partial charge in [0.15, 0.2) is 0 Å². The molecule has 1 aliphatic carbocycles.